The van der Waals surface area contributed by atoms with E-state index < -0.39 is 8.07 Å². The minimum atomic E-state index is -2.43. The predicted octanol–water partition coefficient (Wildman–Crippen LogP) is 3.01. The van der Waals surface area contributed by atoms with Crippen molar-refractivity contribution in [2.75, 3.05) is 0 Å². The summed E-state index contributed by atoms with van der Waals surface area (Å²) < 4.78 is 0. The monoisotopic (exact) mass is 382 g/mol. The molecule has 0 fully saturated rings. The highest BCUT2D eigenvalue weighted by molar-refractivity contribution is 7.22. The molecule has 1 aliphatic rings. The zero-order valence-corrected chi connectivity index (χ0v) is 16.9. The molecule has 4 aromatic rings. The number of hydrogen-bond donors (Lipinski definition) is 0. The molecule has 0 unspecified atom stereocenters. The van der Waals surface area contributed by atoms with Crippen LogP contribution in [-0.4, -0.2) is 8.07 Å². The van der Waals surface area contributed by atoms with Crippen molar-refractivity contribution in [3.8, 4) is 35.8 Å². The third-order valence-electron chi connectivity index (χ3n) is 5.88. The molecule has 0 aliphatic carbocycles. The van der Waals surface area contributed by atoms with Gasteiger partial charge in [0.25, 0.3) is 0 Å². The average molecular weight is 383 g/mol. The van der Waals surface area contributed by atoms with Gasteiger partial charge in [0, 0.05) is 11.1 Å². The maximum atomic E-state index is 5.74. The van der Waals surface area contributed by atoms with E-state index in [-0.39, 0.29) is 0 Å². The predicted molar refractivity (Wildman–Crippen MR) is 125 cm³/mol. The standard InChI is InChI=1S/C28H18Si/c1-3-21-15-17-27-25(19-21)26-20-22(4-2)16-18-28(26)29(27,23-11-7-5-8-12-23)24-13-9-6-10-14-24/h1-2,5-20H. The Balaban J connectivity index is 1.98. The lowest BCUT2D eigenvalue weighted by atomic mass is 10.0. The molecule has 4 aromatic carbocycles. The summed E-state index contributed by atoms with van der Waals surface area (Å²) in [7, 11) is -2.43. The summed E-state index contributed by atoms with van der Waals surface area (Å²) in [6, 6.07) is 34.7. The molecule has 5 rings (SSSR count). The second kappa shape index (κ2) is 6.68. The maximum absolute atomic E-state index is 5.74. The van der Waals surface area contributed by atoms with Crippen molar-refractivity contribution < 1.29 is 0 Å². The summed E-state index contributed by atoms with van der Waals surface area (Å²) in [6.45, 7) is 0. The summed E-state index contributed by atoms with van der Waals surface area (Å²) in [5, 5.41) is 5.48. The fourth-order valence-corrected chi connectivity index (χ4v) is 9.82. The van der Waals surface area contributed by atoms with Gasteiger partial charge in [0.15, 0.2) is 8.07 Å². The normalized spacial score (nSPS) is 13.0. The zero-order valence-electron chi connectivity index (χ0n) is 15.9. The van der Waals surface area contributed by atoms with Crippen LogP contribution in [0.2, 0.25) is 0 Å². The minimum absolute atomic E-state index is 0.895. The van der Waals surface area contributed by atoms with Crippen LogP contribution in [0.5, 0.6) is 0 Å². The highest BCUT2D eigenvalue weighted by Crippen LogP contribution is 2.30. The van der Waals surface area contributed by atoms with Crippen LogP contribution in [0.3, 0.4) is 0 Å². The number of fused-ring (bicyclic) bond motifs is 3. The summed E-state index contributed by atoms with van der Waals surface area (Å²) in [4.78, 5) is 0. The van der Waals surface area contributed by atoms with Gasteiger partial charge in [-0.15, -0.1) is 12.8 Å². The number of hydrogen-bond acceptors (Lipinski definition) is 0. The summed E-state index contributed by atoms with van der Waals surface area (Å²) in [6.07, 6.45) is 11.5. The van der Waals surface area contributed by atoms with Crippen molar-refractivity contribution in [2.24, 2.45) is 0 Å². The Morgan fingerprint density at radius 3 is 1.31 bits per heavy atom. The Hall–Kier alpha value is -3.78. The Morgan fingerprint density at radius 2 is 0.931 bits per heavy atom. The highest BCUT2D eigenvalue weighted by Gasteiger charge is 2.48. The molecular formula is C28H18Si. The molecule has 0 nitrogen and oxygen atoms in total. The Labute approximate surface area is 172 Å². The van der Waals surface area contributed by atoms with E-state index in [1.165, 1.54) is 31.9 Å². The first-order valence-electron chi connectivity index (χ1n) is 9.62. The summed E-state index contributed by atoms with van der Waals surface area (Å²) in [5.74, 6) is 5.60. The molecule has 1 heterocycles. The second-order valence-corrected chi connectivity index (χ2v) is 11.0. The molecule has 0 aromatic heterocycles. The van der Waals surface area contributed by atoms with Crippen LogP contribution in [0.1, 0.15) is 11.1 Å². The van der Waals surface area contributed by atoms with E-state index in [0.717, 1.165) is 11.1 Å². The molecule has 0 saturated carbocycles. The van der Waals surface area contributed by atoms with Gasteiger partial charge >= 0.3 is 0 Å². The molecule has 29 heavy (non-hydrogen) atoms. The van der Waals surface area contributed by atoms with Crippen LogP contribution in [0.15, 0.2) is 97.1 Å². The smallest absolute Gasteiger partial charge is 0.115 e. The number of terminal acetylenes is 2. The number of rotatable bonds is 2. The first-order valence-corrected chi connectivity index (χ1v) is 11.6. The molecule has 0 saturated heterocycles. The van der Waals surface area contributed by atoms with Gasteiger partial charge in [0.05, 0.1) is 0 Å². The third kappa shape index (κ3) is 2.42. The van der Waals surface area contributed by atoms with Crippen LogP contribution in [-0.2, 0) is 0 Å². The van der Waals surface area contributed by atoms with E-state index in [2.05, 4.69) is 109 Å². The van der Waals surface area contributed by atoms with Gasteiger partial charge in [-0.1, -0.05) is 84.6 Å². The van der Waals surface area contributed by atoms with E-state index >= 15 is 0 Å². The molecule has 1 aliphatic heterocycles. The molecule has 0 spiro atoms. The van der Waals surface area contributed by atoms with Crippen LogP contribution in [0, 0.1) is 24.7 Å². The lowest BCUT2D eigenvalue weighted by Crippen LogP contribution is -2.72. The average Bonchev–Trinajstić information content (AvgIpc) is 3.10. The molecule has 134 valence electrons. The first-order chi connectivity index (χ1) is 14.3. The van der Waals surface area contributed by atoms with E-state index in [1.807, 2.05) is 0 Å². The van der Waals surface area contributed by atoms with Crippen molar-refractivity contribution in [2.45, 2.75) is 0 Å². The van der Waals surface area contributed by atoms with E-state index in [0.29, 0.717) is 0 Å². The molecule has 0 radical (unpaired) electrons. The lowest BCUT2D eigenvalue weighted by molar-refractivity contribution is 1.64. The van der Waals surface area contributed by atoms with Gasteiger partial charge < -0.3 is 0 Å². The Kier molecular flexibility index (Phi) is 3.99. The van der Waals surface area contributed by atoms with Gasteiger partial charge in [-0.3, -0.25) is 0 Å². The van der Waals surface area contributed by atoms with Gasteiger partial charge in [-0.05, 0) is 56.1 Å². The molecule has 0 amide bonds. The minimum Gasteiger partial charge on any atom is -0.115 e. The molecule has 0 N–H and O–H groups in total. The summed E-state index contributed by atoms with van der Waals surface area (Å²) >= 11 is 0. The van der Waals surface area contributed by atoms with Gasteiger partial charge in [0.2, 0.25) is 0 Å². The van der Waals surface area contributed by atoms with Gasteiger partial charge in [-0.25, -0.2) is 0 Å². The van der Waals surface area contributed by atoms with Crippen molar-refractivity contribution >= 4 is 28.8 Å². The van der Waals surface area contributed by atoms with Gasteiger partial charge in [0.1, 0.15) is 0 Å². The van der Waals surface area contributed by atoms with Crippen LogP contribution in [0.4, 0.5) is 0 Å². The molecule has 0 atom stereocenters. The van der Waals surface area contributed by atoms with Crippen molar-refractivity contribution in [3.05, 3.63) is 108 Å². The fourth-order valence-electron chi connectivity index (χ4n) is 4.68. The Bertz CT molecular complexity index is 1200. The van der Waals surface area contributed by atoms with E-state index in [9.17, 15) is 0 Å². The highest BCUT2D eigenvalue weighted by atomic mass is 28.3. The number of benzene rings is 4. The molecular weight excluding hydrogens is 364 g/mol. The van der Waals surface area contributed by atoms with Crippen LogP contribution in [0.25, 0.3) is 11.1 Å². The second-order valence-electron chi connectivity index (χ2n) is 7.29. The van der Waals surface area contributed by atoms with Crippen molar-refractivity contribution in [3.63, 3.8) is 0 Å². The fraction of sp³-hybridized carbons (Fsp3) is 0. The maximum Gasteiger partial charge on any atom is 0.180 e. The summed E-state index contributed by atoms with van der Waals surface area (Å²) in [5.41, 5.74) is 4.22. The third-order valence-corrected chi connectivity index (χ3v) is 10.8. The first kappa shape index (κ1) is 17.3. The topological polar surface area (TPSA) is 0 Å². The quantitative estimate of drug-likeness (QED) is 0.325. The Morgan fingerprint density at radius 1 is 0.517 bits per heavy atom. The van der Waals surface area contributed by atoms with Crippen molar-refractivity contribution in [1.29, 1.82) is 0 Å². The SMILES string of the molecule is C#Cc1ccc2c(c1)-c1cc(C#C)ccc1[Si]2(c1ccccc1)c1ccccc1. The van der Waals surface area contributed by atoms with E-state index in [1.54, 1.807) is 0 Å². The lowest BCUT2D eigenvalue weighted by Gasteiger charge is -2.31. The zero-order chi connectivity index (χ0) is 19.8. The van der Waals surface area contributed by atoms with E-state index in [4.69, 9.17) is 12.8 Å². The molecule has 0 bridgehead atoms. The largest absolute Gasteiger partial charge is 0.180 e. The molecule has 1 heteroatoms. The van der Waals surface area contributed by atoms with Gasteiger partial charge in [-0.2, -0.15) is 0 Å². The van der Waals surface area contributed by atoms with Crippen LogP contribution >= 0.6 is 0 Å². The van der Waals surface area contributed by atoms with Crippen molar-refractivity contribution in [1.82, 2.24) is 0 Å². The van der Waals surface area contributed by atoms with Crippen LogP contribution < -0.4 is 20.7 Å².